The van der Waals surface area contributed by atoms with Crippen LogP contribution in [0, 0.1) is 13.8 Å². The van der Waals surface area contributed by atoms with Gasteiger partial charge in [0.2, 0.25) is 11.8 Å². The highest BCUT2D eigenvalue weighted by molar-refractivity contribution is 7.92. The van der Waals surface area contributed by atoms with Crippen LogP contribution in [0.15, 0.2) is 77.7 Å². The highest BCUT2D eigenvalue weighted by atomic mass is 35.5. The molecule has 0 bridgehead atoms. The first-order valence-corrected chi connectivity index (χ1v) is 13.8. The van der Waals surface area contributed by atoms with E-state index in [4.69, 9.17) is 11.6 Å². The van der Waals surface area contributed by atoms with Crippen LogP contribution in [0.2, 0.25) is 5.02 Å². The number of benzene rings is 3. The van der Waals surface area contributed by atoms with E-state index in [1.54, 1.807) is 43.3 Å². The summed E-state index contributed by atoms with van der Waals surface area (Å²) in [6, 6.07) is 19.7. The summed E-state index contributed by atoms with van der Waals surface area (Å²) < 4.78 is 28.7. The van der Waals surface area contributed by atoms with Gasteiger partial charge in [-0.25, -0.2) is 8.42 Å². The third-order valence-electron chi connectivity index (χ3n) is 6.35. The topological polar surface area (TPSA) is 86.8 Å². The maximum atomic E-state index is 13.9. The summed E-state index contributed by atoms with van der Waals surface area (Å²) in [5.41, 5.74) is 2.66. The van der Waals surface area contributed by atoms with Crippen molar-refractivity contribution in [1.82, 2.24) is 10.2 Å². The van der Waals surface area contributed by atoms with Gasteiger partial charge in [0.15, 0.2) is 0 Å². The highest BCUT2D eigenvalue weighted by Gasteiger charge is 2.34. The number of carbonyl (C=O) groups is 2. The van der Waals surface area contributed by atoms with Gasteiger partial charge in [-0.1, -0.05) is 67.1 Å². The molecule has 0 aliphatic heterocycles. The standard InChI is InChI=1S/C28H32ClN3O4S/c1-5-25(28(34)30-4)31(18-22-13-10-9-12-20(22)2)27(33)19-32(26-17-11-16-24(29)21(26)3)37(35,36)23-14-7-6-8-15-23/h6-17,25H,5,18-19H2,1-4H3,(H,30,34)/t25-/m0/s1. The Bertz CT molecular complexity index is 1360. The van der Waals surface area contributed by atoms with E-state index in [1.807, 2.05) is 38.1 Å². The molecule has 196 valence electrons. The van der Waals surface area contributed by atoms with Gasteiger partial charge < -0.3 is 10.2 Å². The first-order valence-electron chi connectivity index (χ1n) is 12.0. The van der Waals surface area contributed by atoms with Gasteiger partial charge in [-0.15, -0.1) is 0 Å². The minimum absolute atomic E-state index is 0.0472. The van der Waals surface area contributed by atoms with Crippen LogP contribution in [0.3, 0.4) is 0 Å². The third kappa shape index (κ3) is 6.32. The maximum Gasteiger partial charge on any atom is 0.264 e. The van der Waals surface area contributed by atoms with Gasteiger partial charge in [-0.3, -0.25) is 13.9 Å². The van der Waals surface area contributed by atoms with Gasteiger partial charge in [0.1, 0.15) is 12.6 Å². The van der Waals surface area contributed by atoms with Crippen LogP contribution in [0.1, 0.15) is 30.0 Å². The summed E-state index contributed by atoms with van der Waals surface area (Å²) in [6.07, 6.45) is 0.360. The van der Waals surface area contributed by atoms with Crippen molar-refractivity contribution in [2.24, 2.45) is 0 Å². The molecule has 0 radical (unpaired) electrons. The Morgan fingerprint density at radius 1 is 0.946 bits per heavy atom. The Kier molecular flexibility index (Phi) is 9.34. The molecular formula is C28H32ClN3O4S. The Balaban J connectivity index is 2.11. The lowest BCUT2D eigenvalue weighted by atomic mass is 10.1. The average molecular weight is 542 g/mol. The summed E-state index contributed by atoms with van der Waals surface area (Å²) in [5, 5.41) is 3.01. The molecule has 0 fully saturated rings. The van der Waals surface area contributed by atoms with Crippen molar-refractivity contribution in [3.63, 3.8) is 0 Å². The predicted octanol–water partition coefficient (Wildman–Crippen LogP) is 4.71. The molecular weight excluding hydrogens is 510 g/mol. The second-order valence-electron chi connectivity index (χ2n) is 8.70. The number of likely N-dealkylation sites (N-methyl/N-ethyl adjacent to an activating group) is 1. The number of hydrogen-bond acceptors (Lipinski definition) is 4. The van der Waals surface area contributed by atoms with Crippen molar-refractivity contribution >= 4 is 39.1 Å². The van der Waals surface area contributed by atoms with Crippen LogP contribution in [-0.4, -0.2) is 44.8 Å². The van der Waals surface area contributed by atoms with Gasteiger partial charge >= 0.3 is 0 Å². The first kappa shape index (κ1) is 28.2. The zero-order valence-corrected chi connectivity index (χ0v) is 23.0. The van der Waals surface area contributed by atoms with Gasteiger partial charge in [0.05, 0.1) is 10.6 Å². The van der Waals surface area contributed by atoms with E-state index in [0.29, 0.717) is 22.7 Å². The van der Waals surface area contributed by atoms with Crippen LogP contribution in [0.4, 0.5) is 5.69 Å². The number of sulfonamides is 1. The molecule has 3 aromatic carbocycles. The fourth-order valence-corrected chi connectivity index (χ4v) is 5.82. The van der Waals surface area contributed by atoms with E-state index in [1.165, 1.54) is 24.1 Å². The molecule has 0 aliphatic rings. The second kappa shape index (κ2) is 12.3. The smallest absolute Gasteiger partial charge is 0.264 e. The minimum atomic E-state index is -4.13. The van der Waals surface area contributed by atoms with Crippen molar-refractivity contribution in [1.29, 1.82) is 0 Å². The number of amides is 2. The number of nitrogens with zero attached hydrogens (tertiary/aromatic N) is 2. The quantitative estimate of drug-likeness (QED) is 0.403. The molecule has 0 aliphatic carbocycles. The van der Waals surface area contributed by atoms with Crippen LogP contribution in [0.5, 0.6) is 0 Å². The Hall–Kier alpha value is -3.36. The molecule has 37 heavy (non-hydrogen) atoms. The molecule has 3 rings (SSSR count). The van der Waals surface area contributed by atoms with Crippen LogP contribution < -0.4 is 9.62 Å². The van der Waals surface area contributed by atoms with Crippen molar-refractivity contribution in [2.75, 3.05) is 17.9 Å². The first-order chi connectivity index (χ1) is 17.6. The van der Waals surface area contributed by atoms with Crippen LogP contribution in [-0.2, 0) is 26.2 Å². The van der Waals surface area contributed by atoms with Gasteiger partial charge in [0, 0.05) is 18.6 Å². The molecule has 7 nitrogen and oxygen atoms in total. The normalized spacial score (nSPS) is 12.0. The summed E-state index contributed by atoms with van der Waals surface area (Å²) in [5.74, 6) is -0.821. The fraction of sp³-hybridized carbons (Fsp3) is 0.286. The van der Waals surface area contributed by atoms with E-state index in [0.717, 1.165) is 15.4 Å². The molecule has 0 aromatic heterocycles. The summed E-state index contributed by atoms with van der Waals surface area (Å²) >= 11 is 6.34. The summed E-state index contributed by atoms with van der Waals surface area (Å²) in [4.78, 5) is 28.2. The molecule has 0 spiro atoms. The van der Waals surface area contributed by atoms with Gasteiger partial charge in [-0.2, -0.15) is 0 Å². The fourth-order valence-electron chi connectivity index (χ4n) is 4.16. The minimum Gasteiger partial charge on any atom is -0.357 e. The molecule has 0 heterocycles. The lowest BCUT2D eigenvalue weighted by Gasteiger charge is -2.33. The van der Waals surface area contributed by atoms with E-state index < -0.39 is 28.5 Å². The number of aryl methyl sites for hydroxylation is 1. The van der Waals surface area contributed by atoms with E-state index >= 15 is 0 Å². The number of carbonyl (C=O) groups excluding carboxylic acids is 2. The summed E-state index contributed by atoms with van der Waals surface area (Å²) in [7, 11) is -2.62. The molecule has 0 saturated heterocycles. The monoisotopic (exact) mass is 541 g/mol. The van der Waals surface area contributed by atoms with Crippen LogP contribution >= 0.6 is 11.6 Å². The number of rotatable bonds is 10. The largest absolute Gasteiger partial charge is 0.357 e. The Morgan fingerprint density at radius 3 is 2.22 bits per heavy atom. The van der Waals surface area contributed by atoms with E-state index in [2.05, 4.69) is 5.32 Å². The number of hydrogen-bond donors (Lipinski definition) is 1. The SMILES string of the molecule is CC[C@@H](C(=O)NC)N(Cc1ccccc1C)C(=O)CN(c1cccc(Cl)c1C)S(=O)(=O)c1ccccc1. The second-order valence-corrected chi connectivity index (χ2v) is 11.0. The van der Waals surface area contributed by atoms with Crippen molar-refractivity contribution < 1.29 is 18.0 Å². The highest BCUT2D eigenvalue weighted by Crippen LogP contribution is 2.31. The van der Waals surface area contributed by atoms with Gasteiger partial charge in [0.25, 0.3) is 10.0 Å². The Morgan fingerprint density at radius 2 is 1.59 bits per heavy atom. The van der Waals surface area contributed by atoms with Crippen molar-refractivity contribution in [3.05, 3.63) is 94.5 Å². The number of halogens is 1. The zero-order chi connectivity index (χ0) is 27.2. The predicted molar refractivity (Wildman–Crippen MR) is 147 cm³/mol. The zero-order valence-electron chi connectivity index (χ0n) is 21.4. The third-order valence-corrected chi connectivity index (χ3v) is 8.54. The number of nitrogens with one attached hydrogen (secondary N) is 1. The molecule has 3 aromatic rings. The average Bonchev–Trinajstić information content (AvgIpc) is 2.90. The van der Waals surface area contributed by atoms with Crippen molar-refractivity contribution in [2.45, 2.75) is 44.7 Å². The lowest BCUT2D eigenvalue weighted by molar-refractivity contribution is -0.140. The molecule has 9 heteroatoms. The van der Waals surface area contributed by atoms with Crippen LogP contribution in [0.25, 0.3) is 0 Å². The maximum absolute atomic E-state index is 13.9. The van der Waals surface area contributed by atoms with E-state index in [9.17, 15) is 18.0 Å². The lowest BCUT2D eigenvalue weighted by Crippen LogP contribution is -2.52. The Labute approximate surface area is 224 Å². The van der Waals surface area contributed by atoms with Crippen molar-refractivity contribution in [3.8, 4) is 0 Å². The van der Waals surface area contributed by atoms with E-state index in [-0.39, 0.29) is 17.3 Å². The van der Waals surface area contributed by atoms with Gasteiger partial charge in [-0.05, 0) is 61.2 Å². The molecule has 1 N–H and O–H groups in total. The molecule has 2 amide bonds. The molecule has 0 saturated carbocycles. The molecule has 0 unspecified atom stereocenters. The molecule has 1 atom stereocenters. The summed E-state index contributed by atoms with van der Waals surface area (Å²) in [6.45, 7) is 5.11. The number of anilines is 1.